The Kier molecular flexibility index (Phi) is 16.0. The van der Waals surface area contributed by atoms with E-state index >= 15 is 0 Å². The minimum absolute atomic E-state index is 0.130. The van der Waals surface area contributed by atoms with Gasteiger partial charge in [0.15, 0.2) is 0 Å². The largest absolute Gasteiger partial charge is 0.329 e. The molecule has 0 aromatic heterocycles. The molecule has 0 aliphatic heterocycles. The van der Waals surface area contributed by atoms with Crippen LogP contribution in [-0.4, -0.2) is 81.0 Å². The van der Waals surface area contributed by atoms with E-state index in [1.807, 2.05) is 40.0 Å². The fourth-order valence-electron chi connectivity index (χ4n) is 2.30. The van der Waals surface area contributed by atoms with Crippen LogP contribution >= 0.6 is 42.5 Å². The summed E-state index contributed by atoms with van der Waals surface area (Å²) in [5.74, 6) is 0. The first-order chi connectivity index (χ1) is 16.0. The van der Waals surface area contributed by atoms with Crippen LogP contribution in [0.5, 0.6) is 0 Å². The minimum atomic E-state index is -3.59. The number of sulfonamides is 1. The molecule has 0 aliphatic carbocycles. The Hall–Kier alpha value is -0.570. The first-order valence-electron chi connectivity index (χ1n) is 10.5. The SMILES string of the molecule is CN(C)CCN.Cc1cc(S(=O)(=O)Cl)ccc1Br.Cc1cc(S(=O)(=O)NCCN(C)C)ccc1Br. The lowest BCUT2D eigenvalue weighted by Gasteiger charge is -2.11. The molecule has 0 spiro atoms. The number of halogens is 3. The van der Waals surface area contributed by atoms with Crippen LogP contribution in [0, 0.1) is 13.8 Å². The maximum atomic E-state index is 11.9. The Bertz CT molecular complexity index is 1150. The second kappa shape index (κ2) is 16.3. The van der Waals surface area contributed by atoms with Gasteiger partial charge in [0, 0.05) is 45.8 Å². The van der Waals surface area contributed by atoms with Crippen LogP contribution in [0.3, 0.4) is 0 Å². The van der Waals surface area contributed by atoms with Gasteiger partial charge in [-0.15, -0.1) is 0 Å². The molecule has 0 saturated carbocycles. The van der Waals surface area contributed by atoms with E-state index in [1.165, 1.54) is 12.1 Å². The fourth-order valence-corrected chi connectivity index (χ4v) is 4.73. The van der Waals surface area contributed by atoms with Gasteiger partial charge >= 0.3 is 0 Å². The molecule has 13 heteroatoms. The van der Waals surface area contributed by atoms with Crippen LogP contribution in [0.15, 0.2) is 55.1 Å². The molecular weight excluding hydrogens is 644 g/mol. The zero-order valence-electron chi connectivity index (χ0n) is 20.8. The first kappa shape index (κ1) is 34.4. The van der Waals surface area contributed by atoms with Crippen molar-refractivity contribution in [3.8, 4) is 0 Å². The Morgan fingerprint density at radius 3 is 1.60 bits per heavy atom. The molecule has 0 fully saturated rings. The molecule has 200 valence electrons. The van der Waals surface area contributed by atoms with Gasteiger partial charge < -0.3 is 15.5 Å². The highest BCUT2D eigenvalue weighted by molar-refractivity contribution is 9.10. The summed E-state index contributed by atoms with van der Waals surface area (Å²) in [7, 11) is 5.97. The van der Waals surface area contributed by atoms with Crippen LogP contribution in [0.1, 0.15) is 11.1 Å². The Balaban J connectivity index is 0.000000557. The van der Waals surface area contributed by atoms with Crippen molar-refractivity contribution in [2.45, 2.75) is 23.6 Å². The summed E-state index contributed by atoms with van der Waals surface area (Å²) in [4.78, 5) is 4.41. The average Bonchev–Trinajstić information content (AvgIpc) is 2.71. The number of nitrogens with zero attached hydrogens (tertiary/aromatic N) is 2. The molecule has 2 aromatic rings. The molecule has 3 N–H and O–H groups in total. The molecule has 0 amide bonds. The van der Waals surface area contributed by atoms with Crippen molar-refractivity contribution in [2.75, 3.05) is 54.4 Å². The zero-order valence-corrected chi connectivity index (χ0v) is 26.4. The monoisotopic (exact) mass is 676 g/mol. The quantitative estimate of drug-likeness (QED) is 0.409. The van der Waals surface area contributed by atoms with Gasteiger partial charge in [-0.05, 0) is 89.6 Å². The molecule has 0 radical (unpaired) electrons. The maximum Gasteiger partial charge on any atom is 0.261 e. The van der Waals surface area contributed by atoms with Gasteiger partial charge in [0.25, 0.3) is 9.05 Å². The van der Waals surface area contributed by atoms with Gasteiger partial charge in [-0.3, -0.25) is 0 Å². The summed E-state index contributed by atoms with van der Waals surface area (Å²) in [6, 6.07) is 9.63. The van der Waals surface area contributed by atoms with E-state index in [9.17, 15) is 16.8 Å². The molecule has 0 bridgehead atoms. The summed E-state index contributed by atoms with van der Waals surface area (Å²) >= 11 is 6.60. The van der Waals surface area contributed by atoms with Crippen LogP contribution in [0.2, 0.25) is 0 Å². The minimum Gasteiger partial charge on any atom is -0.329 e. The predicted molar refractivity (Wildman–Crippen MR) is 152 cm³/mol. The summed E-state index contributed by atoms with van der Waals surface area (Å²) in [5, 5.41) is 0. The molecule has 2 rings (SSSR count). The number of hydrogen-bond acceptors (Lipinski definition) is 7. The van der Waals surface area contributed by atoms with E-state index in [4.69, 9.17) is 16.4 Å². The summed E-state index contributed by atoms with van der Waals surface area (Å²) < 4.78 is 49.9. The number of rotatable bonds is 8. The van der Waals surface area contributed by atoms with Gasteiger partial charge in [-0.2, -0.15) is 0 Å². The molecule has 0 saturated heterocycles. The lowest BCUT2D eigenvalue weighted by atomic mass is 10.2. The van der Waals surface area contributed by atoms with E-state index in [-0.39, 0.29) is 4.90 Å². The standard InChI is InChI=1S/C11H17BrN2O2S.C7H6BrClO2S.C4H12N2/c1-9-8-10(4-5-11(9)12)17(15,16)13-6-7-14(2)3;1-5-4-6(12(9,10)11)2-3-7(5)8;1-6(2)4-3-5/h4-5,8,13H,6-7H2,1-3H3;2-4H,1H3;3-5H2,1-2H3. The highest BCUT2D eigenvalue weighted by Gasteiger charge is 2.14. The third-order valence-corrected chi connectivity index (χ3v) is 8.87. The van der Waals surface area contributed by atoms with E-state index < -0.39 is 19.1 Å². The third kappa shape index (κ3) is 14.7. The number of aryl methyl sites for hydroxylation is 2. The number of benzene rings is 2. The molecule has 8 nitrogen and oxygen atoms in total. The fraction of sp³-hybridized carbons (Fsp3) is 0.455. The maximum absolute atomic E-state index is 11.9. The highest BCUT2D eigenvalue weighted by Crippen LogP contribution is 2.22. The van der Waals surface area contributed by atoms with Crippen molar-refractivity contribution in [3.05, 3.63) is 56.5 Å². The summed E-state index contributed by atoms with van der Waals surface area (Å²) in [5.41, 5.74) is 6.94. The Labute approximate surface area is 231 Å². The van der Waals surface area contributed by atoms with Crippen LogP contribution < -0.4 is 10.5 Å². The smallest absolute Gasteiger partial charge is 0.261 e. The number of nitrogens with two attached hydrogens (primary N) is 1. The number of hydrogen-bond donors (Lipinski definition) is 2. The van der Waals surface area contributed by atoms with E-state index in [2.05, 4.69) is 41.5 Å². The van der Waals surface area contributed by atoms with Crippen molar-refractivity contribution in [1.82, 2.24) is 14.5 Å². The van der Waals surface area contributed by atoms with Crippen molar-refractivity contribution in [3.63, 3.8) is 0 Å². The lowest BCUT2D eigenvalue weighted by Crippen LogP contribution is -2.31. The molecule has 0 unspecified atom stereocenters. The van der Waals surface area contributed by atoms with E-state index in [0.717, 1.165) is 33.2 Å². The van der Waals surface area contributed by atoms with Gasteiger partial charge in [0.05, 0.1) is 9.79 Å². The van der Waals surface area contributed by atoms with Crippen LogP contribution in [0.25, 0.3) is 0 Å². The summed E-state index contributed by atoms with van der Waals surface area (Å²) in [6.07, 6.45) is 0. The van der Waals surface area contributed by atoms with Crippen molar-refractivity contribution >= 4 is 61.6 Å². The van der Waals surface area contributed by atoms with Gasteiger partial charge in [-0.1, -0.05) is 31.9 Å². The second-order valence-electron chi connectivity index (χ2n) is 8.05. The predicted octanol–water partition coefficient (Wildman–Crippen LogP) is 3.79. The molecule has 2 aromatic carbocycles. The zero-order chi connectivity index (χ0) is 27.4. The van der Waals surface area contributed by atoms with Gasteiger partial charge in [-0.25, -0.2) is 21.6 Å². The topological polar surface area (TPSA) is 113 Å². The number of likely N-dealkylation sites (N-methyl/N-ethyl adjacent to an activating group) is 2. The van der Waals surface area contributed by atoms with Crippen molar-refractivity contribution in [1.29, 1.82) is 0 Å². The van der Waals surface area contributed by atoms with Gasteiger partial charge in [0.2, 0.25) is 10.0 Å². The second-order valence-corrected chi connectivity index (χ2v) is 14.1. The number of nitrogens with one attached hydrogen (secondary N) is 1. The average molecular weight is 679 g/mol. The molecule has 0 atom stereocenters. The van der Waals surface area contributed by atoms with Crippen LogP contribution in [-0.2, 0) is 19.1 Å². The third-order valence-electron chi connectivity index (χ3n) is 4.28. The normalized spacial score (nSPS) is 11.5. The van der Waals surface area contributed by atoms with E-state index in [1.54, 1.807) is 31.2 Å². The highest BCUT2D eigenvalue weighted by atomic mass is 79.9. The molecule has 35 heavy (non-hydrogen) atoms. The first-order valence-corrected chi connectivity index (χ1v) is 15.8. The van der Waals surface area contributed by atoms with E-state index in [0.29, 0.717) is 18.0 Å². The summed E-state index contributed by atoms with van der Waals surface area (Å²) in [6.45, 7) is 6.49. The lowest BCUT2D eigenvalue weighted by molar-refractivity contribution is 0.412. The molecule has 0 aliphatic rings. The Morgan fingerprint density at radius 1 is 0.829 bits per heavy atom. The Morgan fingerprint density at radius 2 is 1.26 bits per heavy atom. The van der Waals surface area contributed by atoms with Gasteiger partial charge in [0.1, 0.15) is 0 Å². The molecule has 0 heterocycles. The van der Waals surface area contributed by atoms with Crippen LogP contribution in [0.4, 0.5) is 0 Å². The van der Waals surface area contributed by atoms with Crippen molar-refractivity contribution in [2.24, 2.45) is 5.73 Å². The molecular formula is C22H35Br2ClN4O4S2. The van der Waals surface area contributed by atoms with Crippen molar-refractivity contribution < 1.29 is 16.8 Å².